The van der Waals surface area contributed by atoms with E-state index >= 15 is 0 Å². The number of carbonyl (C=O) groups excluding carboxylic acids is 1. The van der Waals surface area contributed by atoms with Gasteiger partial charge in [-0.15, -0.1) is 5.10 Å². The van der Waals surface area contributed by atoms with Crippen LogP contribution in [0.1, 0.15) is 160 Å². The lowest BCUT2D eigenvalue weighted by Gasteiger charge is -2.11. The van der Waals surface area contributed by atoms with Crippen LogP contribution in [0.2, 0.25) is 0 Å². The number of carbonyl (C=O) groups is 1. The number of hydrogen-bond donors (Lipinski definition) is 1. The van der Waals surface area contributed by atoms with Crippen LogP contribution in [-0.4, -0.2) is 164 Å². The quantitative estimate of drug-likeness (QED) is 0.0372. The maximum absolute atomic E-state index is 12.9. The topological polar surface area (TPSA) is 199 Å². The summed E-state index contributed by atoms with van der Waals surface area (Å²) in [5.74, 6) is 1.44. The molecule has 1 N–H and O–H groups in total. The van der Waals surface area contributed by atoms with E-state index in [2.05, 4.69) is 29.2 Å². The summed E-state index contributed by atoms with van der Waals surface area (Å²) in [4.78, 5) is 26.8. The summed E-state index contributed by atoms with van der Waals surface area (Å²) in [6.45, 7) is 14.1. The predicted molar refractivity (Wildman–Crippen MR) is 290 cm³/mol. The molecule has 18 nitrogen and oxygen atoms in total. The highest BCUT2D eigenvalue weighted by molar-refractivity contribution is 7.52. The Balaban J connectivity index is 1.52. The fourth-order valence-corrected chi connectivity index (χ4v) is 8.41. The number of rotatable bonds is 57. The van der Waals surface area contributed by atoms with Crippen molar-refractivity contribution in [3.05, 3.63) is 35.7 Å². The fraction of sp³-hybridized carbons (Fsp3) is 0.818. The molecule has 0 aliphatic carbocycles. The Bertz CT molecular complexity index is 1610. The van der Waals surface area contributed by atoms with E-state index in [4.69, 9.17) is 51.9 Å². The first-order chi connectivity index (χ1) is 36.3. The van der Waals surface area contributed by atoms with E-state index in [-0.39, 0.29) is 44.9 Å². The SMILES string of the molecule is CCCCCCCCCCCCOc1cc(C=NCC(=O)Cn2cc(COCCOCCOCCOCCOCCOCCOCCOCCP(=O)(O)OCC)nn2)cc(OCCCCCCCCCCCC)c1. The van der Waals surface area contributed by atoms with Gasteiger partial charge in [0.2, 0.25) is 0 Å². The number of nitrogens with zero attached hydrogens (tertiary/aromatic N) is 4. The number of unbranched alkanes of at least 4 members (excludes halogenated alkanes) is 18. The molecule has 0 saturated carbocycles. The zero-order valence-corrected chi connectivity index (χ0v) is 47.0. The van der Waals surface area contributed by atoms with Gasteiger partial charge in [0.05, 0.1) is 144 Å². The van der Waals surface area contributed by atoms with Gasteiger partial charge in [-0.3, -0.25) is 14.4 Å². The van der Waals surface area contributed by atoms with Crippen molar-refractivity contribution in [2.75, 3.05) is 132 Å². The number of hydrogen-bond acceptors (Lipinski definition) is 16. The normalized spacial score (nSPS) is 12.5. The van der Waals surface area contributed by atoms with Gasteiger partial charge in [0.25, 0.3) is 0 Å². The summed E-state index contributed by atoms with van der Waals surface area (Å²) in [5, 5.41) is 8.24. The second-order valence-electron chi connectivity index (χ2n) is 18.3. The average molecular weight is 1070 g/mol. The van der Waals surface area contributed by atoms with E-state index in [1.807, 2.05) is 18.2 Å². The molecule has 0 bridgehead atoms. The van der Waals surface area contributed by atoms with Gasteiger partial charge in [0, 0.05) is 12.3 Å². The van der Waals surface area contributed by atoms with Gasteiger partial charge in [0.15, 0.2) is 5.78 Å². The van der Waals surface area contributed by atoms with Gasteiger partial charge in [-0.2, -0.15) is 0 Å². The molecular weight excluding hydrogens is 972 g/mol. The van der Waals surface area contributed by atoms with Gasteiger partial charge in [-0.05, 0) is 37.5 Å². The van der Waals surface area contributed by atoms with Crippen LogP contribution in [0.3, 0.4) is 0 Å². The summed E-state index contributed by atoms with van der Waals surface area (Å²) in [6, 6.07) is 5.91. The smallest absolute Gasteiger partial charge is 0.330 e. The lowest BCUT2D eigenvalue weighted by Crippen LogP contribution is -2.15. The first-order valence-corrected chi connectivity index (χ1v) is 30.0. The maximum atomic E-state index is 12.9. The molecule has 2 aromatic rings. The maximum Gasteiger partial charge on any atom is 0.330 e. The molecule has 74 heavy (non-hydrogen) atoms. The third-order valence-corrected chi connectivity index (χ3v) is 13.0. The Labute approximate surface area is 445 Å². The Hall–Kier alpha value is -2.87. The number of benzene rings is 1. The van der Waals surface area contributed by atoms with Crippen molar-refractivity contribution in [1.82, 2.24) is 15.0 Å². The molecule has 428 valence electrons. The summed E-state index contributed by atoms with van der Waals surface area (Å²) < 4.78 is 74.2. The molecule has 2 rings (SSSR count). The van der Waals surface area contributed by atoms with E-state index in [9.17, 15) is 14.3 Å². The van der Waals surface area contributed by atoms with Crippen molar-refractivity contribution in [2.24, 2.45) is 4.99 Å². The molecule has 0 radical (unpaired) electrons. The average Bonchev–Trinajstić information content (AvgIpc) is 3.83. The summed E-state index contributed by atoms with van der Waals surface area (Å²) in [6.07, 6.45) is 29.0. The highest BCUT2D eigenvalue weighted by Crippen LogP contribution is 2.40. The van der Waals surface area contributed by atoms with Gasteiger partial charge in [-0.1, -0.05) is 135 Å². The minimum atomic E-state index is -3.55. The Kier molecular flexibility index (Phi) is 45.1. The monoisotopic (exact) mass is 1070 g/mol. The summed E-state index contributed by atoms with van der Waals surface area (Å²) in [5.41, 5.74) is 1.46. The molecule has 1 aromatic carbocycles. The van der Waals surface area contributed by atoms with Crippen LogP contribution in [0.5, 0.6) is 11.5 Å². The third kappa shape index (κ3) is 42.3. The molecule has 0 spiro atoms. The minimum Gasteiger partial charge on any atom is -0.493 e. The van der Waals surface area contributed by atoms with Gasteiger partial charge < -0.3 is 56.8 Å². The minimum absolute atomic E-state index is 0.0151. The van der Waals surface area contributed by atoms with Crippen LogP contribution in [0.15, 0.2) is 29.4 Å². The van der Waals surface area contributed by atoms with Crippen LogP contribution >= 0.6 is 7.60 Å². The number of ketones is 1. The molecule has 0 aliphatic rings. The van der Waals surface area contributed by atoms with E-state index in [1.165, 1.54) is 120 Å². The third-order valence-electron chi connectivity index (χ3n) is 11.6. The number of Topliss-reactive ketones (excluding diaryl/α,β-unsaturated/α-hetero) is 1. The molecule has 0 saturated heterocycles. The van der Waals surface area contributed by atoms with E-state index in [1.54, 1.807) is 19.3 Å². The summed E-state index contributed by atoms with van der Waals surface area (Å²) in [7, 11) is -3.55. The molecule has 1 atom stereocenters. The molecule has 19 heteroatoms. The second kappa shape index (κ2) is 49.7. The van der Waals surface area contributed by atoms with E-state index in [0.717, 1.165) is 29.9 Å². The molecule has 0 fully saturated rings. The number of aromatic nitrogens is 3. The molecule has 0 aliphatic heterocycles. The standard InChI is InChI=1S/C55H99N4O14P/c1-4-7-9-11-13-15-17-19-21-23-25-71-54-43-51(44-55(45-54)72-26-24-22-20-18-16-14-12-10-8-5-2)46-56-47-53(60)49-59-48-52(57-58-59)50-70-40-39-68-36-35-66-32-31-64-28-27-63-29-30-65-33-34-67-37-38-69-41-42-74(61,62)73-6-3/h43-46,48H,4-42,47,49-50H2,1-3H3,(H,61,62). The first kappa shape index (κ1) is 67.2. The van der Waals surface area contributed by atoms with Crippen LogP contribution in [0.25, 0.3) is 0 Å². The lowest BCUT2D eigenvalue weighted by molar-refractivity contribution is -0.118. The molecular formula is C55H99N4O14P. The van der Waals surface area contributed by atoms with Crippen LogP contribution in [0, 0.1) is 0 Å². The first-order valence-electron chi connectivity index (χ1n) is 28.2. The zero-order chi connectivity index (χ0) is 53.1. The Morgan fingerprint density at radius 1 is 0.541 bits per heavy atom. The Morgan fingerprint density at radius 2 is 0.932 bits per heavy atom. The zero-order valence-electron chi connectivity index (χ0n) is 46.1. The van der Waals surface area contributed by atoms with Crippen LogP contribution < -0.4 is 9.47 Å². The van der Waals surface area contributed by atoms with Crippen molar-refractivity contribution >= 4 is 19.6 Å². The largest absolute Gasteiger partial charge is 0.493 e. The number of ether oxygens (including phenoxy) is 10. The van der Waals surface area contributed by atoms with Crippen molar-refractivity contribution in [3.8, 4) is 11.5 Å². The Morgan fingerprint density at radius 3 is 1.35 bits per heavy atom. The van der Waals surface area contributed by atoms with E-state index in [0.29, 0.717) is 111 Å². The highest BCUT2D eigenvalue weighted by atomic mass is 31.2. The second-order valence-corrected chi connectivity index (χ2v) is 20.3. The fourth-order valence-electron chi connectivity index (χ4n) is 7.52. The molecule has 1 aromatic heterocycles. The molecule has 1 unspecified atom stereocenters. The van der Waals surface area contributed by atoms with Gasteiger partial charge in [0.1, 0.15) is 23.7 Å². The van der Waals surface area contributed by atoms with Crippen LogP contribution in [0.4, 0.5) is 0 Å². The number of aliphatic imine (C=N–C) groups is 1. The molecule has 0 amide bonds. The van der Waals surface area contributed by atoms with Crippen LogP contribution in [-0.2, 0) is 64.9 Å². The van der Waals surface area contributed by atoms with Crippen molar-refractivity contribution in [1.29, 1.82) is 0 Å². The van der Waals surface area contributed by atoms with Gasteiger partial charge in [-0.25, -0.2) is 4.68 Å². The highest BCUT2D eigenvalue weighted by Gasteiger charge is 2.17. The van der Waals surface area contributed by atoms with Gasteiger partial charge >= 0.3 is 7.60 Å². The molecule has 1 heterocycles. The summed E-state index contributed by atoms with van der Waals surface area (Å²) >= 11 is 0. The lowest BCUT2D eigenvalue weighted by atomic mass is 10.1. The van der Waals surface area contributed by atoms with E-state index < -0.39 is 7.60 Å². The van der Waals surface area contributed by atoms with Crippen molar-refractivity contribution < 1.29 is 66.1 Å². The predicted octanol–water partition coefficient (Wildman–Crippen LogP) is 10.4. The van der Waals surface area contributed by atoms with Crippen molar-refractivity contribution in [2.45, 2.75) is 162 Å². The van der Waals surface area contributed by atoms with Crippen molar-refractivity contribution in [3.63, 3.8) is 0 Å².